The Morgan fingerprint density at radius 1 is 1.38 bits per heavy atom. The number of nitriles is 1. The Kier molecular flexibility index (Phi) is 7.27. The van der Waals surface area contributed by atoms with Crippen LogP contribution in [0.5, 0.6) is 5.75 Å². The topological polar surface area (TPSA) is 65.4 Å². The summed E-state index contributed by atoms with van der Waals surface area (Å²) in [4.78, 5) is 14.1. The molecule has 0 heterocycles. The van der Waals surface area contributed by atoms with Crippen molar-refractivity contribution in [2.24, 2.45) is 0 Å². The van der Waals surface area contributed by atoms with Crippen molar-refractivity contribution in [2.45, 2.75) is 26.8 Å². The molecule has 1 rings (SSSR count). The predicted molar refractivity (Wildman–Crippen MR) is 82.0 cm³/mol. The van der Waals surface area contributed by atoms with E-state index in [-0.39, 0.29) is 18.6 Å². The first kappa shape index (κ1) is 17.0. The van der Waals surface area contributed by atoms with Crippen LogP contribution < -0.4 is 10.1 Å². The van der Waals surface area contributed by atoms with Gasteiger partial charge in [-0.2, -0.15) is 5.26 Å². The number of nitrogens with one attached hydrogen (secondary N) is 1. The number of carbonyl (C=O) groups is 1. The first-order valence-corrected chi connectivity index (χ1v) is 7.24. The maximum absolute atomic E-state index is 11.8. The zero-order valence-corrected chi connectivity index (χ0v) is 12.9. The van der Waals surface area contributed by atoms with E-state index in [1.54, 1.807) is 24.3 Å². The summed E-state index contributed by atoms with van der Waals surface area (Å²) in [6, 6.07) is 8.99. The van der Waals surface area contributed by atoms with E-state index in [0.29, 0.717) is 11.3 Å². The van der Waals surface area contributed by atoms with Gasteiger partial charge < -0.3 is 15.0 Å². The fourth-order valence-electron chi connectivity index (χ4n) is 2.06. The highest BCUT2D eigenvalue weighted by atomic mass is 16.5. The predicted octanol–water partition coefficient (Wildman–Crippen LogP) is 1.78. The van der Waals surface area contributed by atoms with Crippen molar-refractivity contribution < 1.29 is 9.53 Å². The molecular weight excluding hydrogens is 266 g/mol. The highest BCUT2D eigenvalue weighted by molar-refractivity contribution is 5.77. The molecule has 0 saturated carbocycles. The van der Waals surface area contributed by atoms with Crippen molar-refractivity contribution in [3.63, 3.8) is 0 Å². The molecule has 21 heavy (non-hydrogen) atoms. The summed E-state index contributed by atoms with van der Waals surface area (Å²) < 4.78 is 5.40. The summed E-state index contributed by atoms with van der Waals surface area (Å²) in [5, 5.41) is 11.8. The Hall–Kier alpha value is -2.06. The van der Waals surface area contributed by atoms with Gasteiger partial charge in [0.25, 0.3) is 5.91 Å². The largest absolute Gasteiger partial charge is 0.482 e. The van der Waals surface area contributed by atoms with Gasteiger partial charge in [-0.15, -0.1) is 0 Å². The number of amides is 1. The number of hydrogen-bond donors (Lipinski definition) is 1. The summed E-state index contributed by atoms with van der Waals surface area (Å²) in [5.41, 5.74) is 0.432. The van der Waals surface area contributed by atoms with Crippen molar-refractivity contribution in [2.75, 3.05) is 26.2 Å². The molecule has 1 atom stereocenters. The van der Waals surface area contributed by atoms with E-state index in [4.69, 9.17) is 10.00 Å². The lowest BCUT2D eigenvalue weighted by Crippen LogP contribution is -2.43. The molecule has 1 amide bonds. The molecule has 0 aliphatic rings. The second kappa shape index (κ2) is 8.98. The van der Waals surface area contributed by atoms with Gasteiger partial charge in [0.05, 0.1) is 5.56 Å². The third-order valence-corrected chi connectivity index (χ3v) is 3.20. The number of benzene rings is 1. The summed E-state index contributed by atoms with van der Waals surface area (Å²) in [6.07, 6.45) is 0. The number of para-hydroxylation sites is 1. The SMILES string of the molecule is CCN(CC)CC(C)NC(=O)COc1ccccc1C#N. The lowest BCUT2D eigenvalue weighted by atomic mass is 10.2. The minimum atomic E-state index is -0.178. The van der Waals surface area contributed by atoms with Gasteiger partial charge in [0, 0.05) is 12.6 Å². The van der Waals surface area contributed by atoms with Gasteiger partial charge in [-0.3, -0.25) is 4.79 Å². The van der Waals surface area contributed by atoms with E-state index in [1.807, 2.05) is 13.0 Å². The van der Waals surface area contributed by atoms with Crippen molar-refractivity contribution in [3.05, 3.63) is 29.8 Å². The fourth-order valence-corrected chi connectivity index (χ4v) is 2.06. The summed E-state index contributed by atoms with van der Waals surface area (Å²) in [5.74, 6) is 0.258. The highest BCUT2D eigenvalue weighted by Gasteiger charge is 2.11. The third kappa shape index (κ3) is 5.84. The Labute approximate surface area is 126 Å². The third-order valence-electron chi connectivity index (χ3n) is 3.20. The van der Waals surface area contributed by atoms with Gasteiger partial charge in [0.2, 0.25) is 0 Å². The van der Waals surface area contributed by atoms with Crippen LogP contribution in [0.1, 0.15) is 26.3 Å². The van der Waals surface area contributed by atoms with Crippen molar-refractivity contribution in [3.8, 4) is 11.8 Å². The second-order valence-electron chi connectivity index (χ2n) is 4.85. The molecule has 0 saturated heterocycles. The minimum Gasteiger partial charge on any atom is -0.482 e. The number of hydrogen-bond acceptors (Lipinski definition) is 4. The van der Waals surface area contributed by atoms with Gasteiger partial charge in [0.1, 0.15) is 11.8 Å². The summed E-state index contributed by atoms with van der Waals surface area (Å²) in [6.45, 7) is 8.82. The molecular formula is C16H23N3O2. The van der Waals surface area contributed by atoms with Crippen molar-refractivity contribution in [1.29, 1.82) is 5.26 Å². The van der Waals surface area contributed by atoms with Crippen LogP contribution in [0.2, 0.25) is 0 Å². The molecule has 1 aromatic carbocycles. The van der Waals surface area contributed by atoms with Crippen LogP contribution >= 0.6 is 0 Å². The molecule has 1 aromatic rings. The van der Waals surface area contributed by atoms with E-state index in [2.05, 4.69) is 24.1 Å². The van der Waals surface area contributed by atoms with Gasteiger partial charge in [-0.1, -0.05) is 26.0 Å². The maximum Gasteiger partial charge on any atom is 0.258 e. The first-order chi connectivity index (χ1) is 10.1. The molecule has 0 fully saturated rings. The summed E-state index contributed by atoms with van der Waals surface area (Å²) >= 11 is 0. The zero-order chi connectivity index (χ0) is 15.7. The van der Waals surface area contributed by atoms with Crippen LogP contribution in [-0.4, -0.2) is 43.1 Å². The molecule has 0 spiro atoms. The van der Waals surface area contributed by atoms with E-state index >= 15 is 0 Å². The Morgan fingerprint density at radius 2 is 2.05 bits per heavy atom. The van der Waals surface area contributed by atoms with Crippen LogP contribution in [0.4, 0.5) is 0 Å². The highest BCUT2D eigenvalue weighted by Crippen LogP contribution is 2.16. The zero-order valence-electron chi connectivity index (χ0n) is 12.9. The van der Waals surface area contributed by atoms with Crippen LogP contribution in [0, 0.1) is 11.3 Å². The fraction of sp³-hybridized carbons (Fsp3) is 0.500. The molecule has 5 heteroatoms. The smallest absolute Gasteiger partial charge is 0.258 e. The van der Waals surface area contributed by atoms with Gasteiger partial charge >= 0.3 is 0 Å². The van der Waals surface area contributed by atoms with Crippen LogP contribution in [0.15, 0.2) is 24.3 Å². The van der Waals surface area contributed by atoms with E-state index < -0.39 is 0 Å². The van der Waals surface area contributed by atoms with E-state index in [9.17, 15) is 4.79 Å². The molecule has 0 aliphatic carbocycles. The molecule has 0 aromatic heterocycles. The molecule has 0 aliphatic heterocycles. The second-order valence-corrected chi connectivity index (χ2v) is 4.85. The Morgan fingerprint density at radius 3 is 2.67 bits per heavy atom. The van der Waals surface area contributed by atoms with Crippen LogP contribution in [0.3, 0.4) is 0 Å². The van der Waals surface area contributed by atoms with Crippen molar-refractivity contribution >= 4 is 5.91 Å². The number of ether oxygens (including phenoxy) is 1. The maximum atomic E-state index is 11.8. The lowest BCUT2D eigenvalue weighted by Gasteiger charge is -2.23. The molecule has 1 unspecified atom stereocenters. The number of rotatable bonds is 8. The number of likely N-dealkylation sites (N-methyl/N-ethyl adjacent to an activating group) is 1. The number of carbonyl (C=O) groups excluding carboxylic acids is 1. The monoisotopic (exact) mass is 289 g/mol. The Balaban J connectivity index is 2.42. The minimum absolute atomic E-state index is 0.0622. The average Bonchev–Trinajstić information content (AvgIpc) is 2.50. The van der Waals surface area contributed by atoms with Crippen LogP contribution in [-0.2, 0) is 4.79 Å². The number of nitrogens with zero attached hydrogens (tertiary/aromatic N) is 2. The van der Waals surface area contributed by atoms with Gasteiger partial charge in [0.15, 0.2) is 6.61 Å². The molecule has 1 N–H and O–H groups in total. The van der Waals surface area contributed by atoms with Gasteiger partial charge in [-0.05, 0) is 32.1 Å². The quantitative estimate of drug-likeness (QED) is 0.792. The molecule has 5 nitrogen and oxygen atoms in total. The summed E-state index contributed by atoms with van der Waals surface area (Å²) in [7, 11) is 0. The standard InChI is InChI=1S/C16H23N3O2/c1-4-19(5-2)11-13(3)18-16(20)12-21-15-9-7-6-8-14(15)10-17/h6-9,13H,4-5,11-12H2,1-3H3,(H,18,20). The average molecular weight is 289 g/mol. The van der Waals surface area contributed by atoms with E-state index in [0.717, 1.165) is 19.6 Å². The van der Waals surface area contributed by atoms with Gasteiger partial charge in [-0.25, -0.2) is 0 Å². The van der Waals surface area contributed by atoms with E-state index in [1.165, 1.54) is 0 Å². The Bertz CT molecular complexity index is 493. The van der Waals surface area contributed by atoms with Crippen molar-refractivity contribution in [1.82, 2.24) is 10.2 Å². The molecule has 0 radical (unpaired) electrons. The lowest BCUT2D eigenvalue weighted by molar-refractivity contribution is -0.123. The molecule has 114 valence electrons. The van der Waals surface area contributed by atoms with Crippen LogP contribution in [0.25, 0.3) is 0 Å². The normalized spacial score (nSPS) is 11.8. The first-order valence-electron chi connectivity index (χ1n) is 7.24. The molecule has 0 bridgehead atoms.